The molecule has 15 heteroatoms. The van der Waals surface area contributed by atoms with E-state index < -0.39 is 37.4 Å². The summed E-state index contributed by atoms with van der Waals surface area (Å²) in [7, 11) is 1.41. The maximum absolute atomic E-state index is 12.2. The van der Waals surface area contributed by atoms with E-state index in [0.29, 0.717) is 0 Å². The van der Waals surface area contributed by atoms with Gasteiger partial charge < -0.3 is 29.1 Å². The van der Waals surface area contributed by atoms with Crippen LogP contribution in [0.5, 0.6) is 0 Å². The van der Waals surface area contributed by atoms with Crippen molar-refractivity contribution in [3.05, 3.63) is 47.9 Å². The molecule has 2 saturated heterocycles. The fourth-order valence-electron chi connectivity index (χ4n) is 3.85. The number of nitro groups is 3. The maximum Gasteiger partial charge on any atom is 0.342 e. The van der Waals surface area contributed by atoms with Crippen molar-refractivity contribution in [1.29, 1.82) is 0 Å². The van der Waals surface area contributed by atoms with E-state index in [9.17, 15) is 30.3 Å². The average Bonchev–Trinajstić information content (AvgIpc) is 3.11. The lowest BCUT2D eigenvalue weighted by Crippen LogP contribution is -2.58. The summed E-state index contributed by atoms with van der Waals surface area (Å²) in [6, 6.07) is 0. The number of ether oxygens (including phenoxy) is 4. The Hall–Kier alpha value is -3.01. The summed E-state index contributed by atoms with van der Waals surface area (Å²) in [6.07, 6.45) is 1.87. The summed E-state index contributed by atoms with van der Waals surface area (Å²) in [5, 5.41) is 35.5. The van der Waals surface area contributed by atoms with Gasteiger partial charge in [0.25, 0.3) is 11.1 Å². The van der Waals surface area contributed by atoms with Gasteiger partial charge in [0.1, 0.15) is 32.6 Å². The van der Waals surface area contributed by atoms with E-state index >= 15 is 0 Å². The minimum absolute atomic E-state index is 0.111. The maximum atomic E-state index is 12.2. The molecule has 0 unspecified atom stereocenters. The SMILES string of the molecule is Cn1c([N+](=O)[O-])cnc1C=C(CC1([N+](=O)[O-])COC(C)(C)OC1)CC1([N+](=O)[O-])COC(C)(C)OC1. The first-order chi connectivity index (χ1) is 16.1. The van der Waals surface area contributed by atoms with Gasteiger partial charge in [-0.1, -0.05) is 0 Å². The van der Waals surface area contributed by atoms with E-state index in [1.807, 2.05) is 0 Å². The second-order valence-corrected chi connectivity index (χ2v) is 9.86. The fourth-order valence-corrected chi connectivity index (χ4v) is 3.85. The molecule has 0 amide bonds. The molecule has 0 aliphatic carbocycles. The number of rotatable bonds is 8. The number of hydrogen-bond donors (Lipinski definition) is 0. The van der Waals surface area contributed by atoms with Crippen molar-refractivity contribution in [2.75, 3.05) is 26.4 Å². The second kappa shape index (κ2) is 9.22. The largest absolute Gasteiger partial charge is 0.358 e. The van der Waals surface area contributed by atoms with E-state index in [1.54, 1.807) is 27.7 Å². The van der Waals surface area contributed by atoms with Crippen LogP contribution < -0.4 is 0 Å². The molecule has 1 aromatic rings. The zero-order valence-corrected chi connectivity index (χ0v) is 20.2. The lowest BCUT2D eigenvalue weighted by Gasteiger charge is -2.40. The third-order valence-electron chi connectivity index (χ3n) is 6.16. The van der Waals surface area contributed by atoms with Gasteiger partial charge in [0.15, 0.2) is 11.6 Å². The minimum atomic E-state index is -1.73. The molecule has 0 radical (unpaired) electrons. The second-order valence-electron chi connectivity index (χ2n) is 9.86. The molecule has 15 nitrogen and oxygen atoms in total. The van der Waals surface area contributed by atoms with Gasteiger partial charge in [0, 0.05) is 28.8 Å². The third kappa shape index (κ3) is 5.63. The quantitative estimate of drug-likeness (QED) is 0.377. The van der Waals surface area contributed by atoms with Crippen molar-refractivity contribution in [1.82, 2.24) is 9.55 Å². The summed E-state index contributed by atoms with van der Waals surface area (Å²) in [4.78, 5) is 37.9. The van der Waals surface area contributed by atoms with Crippen LogP contribution in [0.1, 0.15) is 46.4 Å². The first-order valence-electron chi connectivity index (χ1n) is 10.8. The Labute approximate surface area is 200 Å². The molecule has 2 aliphatic rings. The van der Waals surface area contributed by atoms with Gasteiger partial charge in [0.05, 0.1) is 7.05 Å². The molecule has 0 N–H and O–H groups in total. The highest BCUT2D eigenvalue weighted by Crippen LogP contribution is 2.37. The zero-order valence-electron chi connectivity index (χ0n) is 20.2. The van der Waals surface area contributed by atoms with Gasteiger partial charge in [-0.25, -0.2) is 9.55 Å². The summed E-state index contributed by atoms with van der Waals surface area (Å²) >= 11 is 0. The third-order valence-corrected chi connectivity index (χ3v) is 6.16. The predicted molar refractivity (Wildman–Crippen MR) is 118 cm³/mol. The fraction of sp³-hybridized carbons (Fsp3) is 0.750. The van der Waals surface area contributed by atoms with Gasteiger partial charge >= 0.3 is 5.82 Å². The zero-order chi connectivity index (χ0) is 26.2. The van der Waals surface area contributed by atoms with Crippen LogP contribution in [0.25, 0.3) is 6.08 Å². The van der Waals surface area contributed by atoms with E-state index in [2.05, 4.69) is 4.98 Å². The van der Waals surface area contributed by atoms with Crippen molar-refractivity contribution >= 4 is 11.9 Å². The van der Waals surface area contributed by atoms with Crippen LogP contribution in [0.4, 0.5) is 5.82 Å². The number of hydrogen-bond acceptors (Lipinski definition) is 11. The Morgan fingerprint density at radius 3 is 1.63 bits per heavy atom. The monoisotopic (exact) mass is 499 g/mol. The first-order valence-corrected chi connectivity index (χ1v) is 10.8. The molecular formula is C20H29N5O10. The van der Waals surface area contributed by atoms with Crippen LogP contribution in [0.15, 0.2) is 11.8 Å². The van der Waals surface area contributed by atoms with Gasteiger partial charge in [-0.2, -0.15) is 0 Å². The van der Waals surface area contributed by atoms with Crippen molar-refractivity contribution < 1.29 is 33.7 Å². The highest BCUT2D eigenvalue weighted by Gasteiger charge is 2.54. The van der Waals surface area contributed by atoms with Crippen molar-refractivity contribution in [3.63, 3.8) is 0 Å². The average molecular weight is 499 g/mol. The van der Waals surface area contributed by atoms with E-state index in [-0.39, 0.29) is 56.5 Å². The van der Waals surface area contributed by atoms with Crippen molar-refractivity contribution in [2.24, 2.45) is 7.05 Å². The van der Waals surface area contributed by atoms with Crippen LogP contribution >= 0.6 is 0 Å². The van der Waals surface area contributed by atoms with Crippen LogP contribution in [0.3, 0.4) is 0 Å². The first kappa shape index (κ1) is 26.6. The Balaban J connectivity index is 2.03. The smallest absolute Gasteiger partial charge is 0.342 e. The number of nitrogens with zero attached hydrogens (tertiary/aromatic N) is 5. The summed E-state index contributed by atoms with van der Waals surface area (Å²) < 4.78 is 23.4. The molecular weight excluding hydrogens is 470 g/mol. The molecule has 1 aromatic heterocycles. The van der Waals surface area contributed by atoms with Gasteiger partial charge in [-0.15, -0.1) is 0 Å². The topological polar surface area (TPSA) is 184 Å². The van der Waals surface area contributed by atoms with E-state index in [1.165, 1.54) is 17.7 Å². The molecule has 0 bridgehead atoms. The molecule has 0 spiro atoms. The van der Waals surface area contributed by atoms with E-state index in [0.717, 1.165) is 6.20 Å². The van der Waals surface area contributed by atoms with E-state index in [4.69, 9.17) is 18.9 Å². The highest BCUT2D eigenvalue weighted by molar-refractivity contribution is 5.49. The molecule has 0 aromatic carbocycles. The molecule has 2 aliphatic heterocycles. The normalized spacial score (nSPS) is 22.2. The Bertz CT molecular complexity index is 977. The molecule has 35 heavy (non-hydrogen) atoms. The molecule has 194 valence electrons. The number of aromatic nitrogens is 2. The van der Waals surface area contributed by atoms with Crippen LogP contribution in [-0.4, -0.2) is 73.4 Å². The van der Waals surface area contributed by atoms with Crippen LogP contribution in [0.2, 0.25) is 0 Å². The lowest BCUT2D eigenvalue weighted by molar-refractivity contribution is -0.599. The molecule has 0 atom stereocenters. The Kier molecular flexibility index (Phi) is 7.00. The minimum Gasteiger partial charge on any atom is -0.358 e. The summed E-state index contributed by atoms with van der Waals surface area (Å²) in [5.74, 6) is -2.24. The Morgan fingerprint density at radius 1 is 0.914 bits per heavy atom. The predicted octanol–water partition coefficient (Wildman–Crippen LogP) is 2.09. The molecule has 0 saturated carbocycles. The summed E-state index contributed by atoms with van der Waals surface area (Å²) in [6.45, 7) is 5.32. The molecule has 3 rings (SSSR count). The number of imidazole rings is 1. The molecule has 2 fully saturated rings. The van der Waals surface area contributed by atoms with Gasteiger partial charge in [-0.05, 0) is 38.2 Å². The standard InChI is InChI=1S/C20H29N5O10/c1-17(2)32-10-19(11-33-17,24(28)29)7-14(6-15-21-9-16(22(15)5)23(26)27)8-20(25(30)31)12-34-18(3,4)35-13-20/h6,9H,7-8,10-13H2,1-5H3. The van der Waals surface area contributed by atoms with Crippen LogP contribution in [-0.2, 0) is 26.0 Å². The lowest BCUT2D eigenvalue weighted by atomic mass is 9.83. The van der Waals surface area contributed by atoms with Crippen LogP contribution in [0, 0.1) is 30.3 Å². The highest BCUT2D eigenvalue weighted by atomic mass is 16.7. The van der Waals surface area contributed by atoms with Crippen molar-refractivity contribution in [2.45, 2.75) is 63.2 Å². The molecule has 3 heterocycles. The summed E-state index contributed by atoms with van der Waals surface area (Å²) in [5.41, 5.74) is -3.21. The van der Waals surface area contributed by atoms with Gasteiger partial charge in [-0.3, -0.25) is 20.2 Å². The Morgan fingerprint density at radius 2 is 1.31 bits per heavy atom. The van der Waals surface area contributed by atoms with Gasteiger partial charge in [0.2, 0.25) is 5.82 Å². The van der Waals surface area contributed by atoms with Crippen molar-refractivity contribution in [3.8, 4) is 0 Å².